The maximum absolute atomic E-state index is 13.1. The fourth-order valence-corrected chi connectivity index (χ4v) is 12.9. The van der Waals surface area contributed by atoms with Crippen molar-refractivity contribution in [2.24, 2.45) is 0 Å². The van der Waals surface area contributed by atoms with Crippen molar-refractivity contribution in [3.05, 3.63) is 12.2 Å². The van der Waals surface area contributed by atoms with Gasteiger partial charge in [0.25, 0.3) is 0 Å². The minimum absolute atomic E-state index is 0.105. The summed E-state index contributed by atoms with van der Waals surface area (Å²) in [5.74, 6) is -2.13. The van der Waals surface area contributed by atoms with Crippen molar-refractivity contribution in [3.63, 3.8) is 0 Å². The maximum atomic E-state index is 13.1. The van der Waals surface area contributed by atoms with Crippen LogP contribution in [0.4, 0.5) is 0 Å². The van der Waals surface area contributed by atoms with Crippen molar-refractivity contribution in [1.82, 2.24) is 0 Å². The summed E-state index contributed by atoms with van der Waals surface area (Å²) in [6.07, 6.45) is 60.5. The molecule has 17 nitrogen and oxygen atoms in total. The average Bonchev–Trinajstić information content (AvgIpc) is 1.83. The molecular formula is C75H144O17P2. The summed E-state index contributed by atoms with van der Waals surface area (Å²) in [6.45, 7) is 4.96. The van der Waals surface area contributed by atoms with Gasteiger partial charge in [-0.15, -0.1) is 0 Å². The molecule has 0 aliphatic rings. The van der Waals surface area contributed by atoms with Crippen LogP contribution in [0.1, 0.15) is 387 Å². The second kappa shape index (κ2) is 69.3. The van der Waals surface area contributed by atoms with Gasteiger partial charge in [0.1, 0.15) is 19.3 Å². The molecule has 5 atom stereocenters. The van der Waals surface area contributed by atoms with E-state index in [2.05, 4.69) is 39.8 Å². The third-order valence-corrected chi connectivity index (χ3v) is 19.2. The van der Waals surface area contributed by atoms with E-state index in [9.17, 15) is 43.2 Å². The maximum Gasteiger partial charge on any atom is 0.472 e. The number of aliphatic hydroxyl groups excluding tert-OH is 1. The molecule has 0 aliphatic carbocycles. The van der Waals surface area contributed by atoms with Crippen LogP contribution < -0.4 is 0 Å². The number of phosphoric acid groups is 2. The molecule has 94 heavy (non-hydrogen) atoms. The lowest BCUT2D eigenvalue weighted by molar-refractivity contribution is -0.161. The number of hydrogen-bond donors (Lipinski definition) is 3. The number of hydrogen-bond acceptors (Lipinski definition) is 15. The van der Waals surface area contributed by atoms with Gasteiger partial charge in [-0.05, 0) is 51.4 Å². The first-order valence-electron chi connectivity index (χ1n) is 38.9. The van der Waals surface area contributed by atoms with Gasteiger partial charge < -0.3 is 33.8 Å². The molecule has 0 aromatic heterocycles. The van der Waals surface area contributed by atoms with Crippen LogP contribution in [0.5, 0.6) is 0 Å². The lowest BCUT2D eigenvalue weighted by atomic mass is 10.0. The quantitative estimate of drug-likeness (QED) is 0.0169. The monoisotopic (exact) mass is 1380 g/mol. The molecule has 0 saturated heterocycles. The number of esters is 4. The summed E-state index contributed by atoms with van der Waals surface area (Å²) in [4.78, 5) is 72.8. The highest BCUT2D eigenvalue weighted by atomic mass is 31.2. The molecule has 0 spiro atoms. The van der Waals surface area contributed by atoms with Crippen molar-refractivity contribution in [1.29, 1.82) is 0 Å². The second-order valence-electron chi connectivity index (χ2n) is 26.7. The highest BCUT2D eigenvalue weighted by molar-refractivity contribution is 7.47. The van der Waals surface area contributed by atoms with Gasteiger partial charge in [0.2, 0.25) is 0 Å². The van der Waals surface area contributed by atoms with E-state index in [4.69, 9.17) is 37.0 Å². The van der Waals surface area contributed by atoms with E-state index in [0.717, 1.165) is 109 Å². The van der Waals surface area contributed by atoms with Crippen molar-refractivity contribution >= 4 is 39.5 Å². The Morgan fingerprint density at radius 3 is 0.745 bits per heavy atom. The van der Waals surface area contributed by atoms with Crippen LogP contribution in [0.25, 0.3) is 0 Å². The van der Waals surface area contributed by atoms with Crippen LogP contribution >= 0.6 is 15.6 Å². The van der Waals surface area contributed by atoms with Gasteiger partial charge in [-0.2, -0.15) is 0 Å². The van der Waals surface area contributed by atoms with E-state index < -0.39 is 97.5 Å². The molecule has 0 aliphatic heterocycles. The first-order valence-corrected chi connectivity index (χ1v) is 41.9. The van der Waals surface area contributed by atoms with Crippen LogP contribution in [-0.4, -0.2) is 96.7 Å². The van der Waals surface area contributed by atoms with Gasteiger partial charge >= 0.3 is 39.5 Å². The standard InChI is InChI=1S/C75H144O17P2/c1-5-9-13-17-21-25-29-33-34-38-42-46-50-54-58-62-75(80)92-71(66-86-73(78)60-56-52-48-44-40-36-31-27-23-19-15-11-7-3)68-90-94(83,84)88-64-69(76)63-87-93(81,82)89-67-70(91-74(79)61-57-53-49-45-41-37-32-28-24-20-16-12-8-4)65-85-72(77)59-55-51-47-43-39-35-30-26-22-18-14-10-6-2/h27,31,69-71,76H,5-26,28-30,32-68H2,1-4H3,(H,81,82)(H,83,84)/b31-27-/t69-,70+,71+/m0/s1. The molecular weight excluding hydrogens is 1230 g/mol. The number of rotatable bonds is 75. The summed E-state index contributed by atoms with van der Waals surface area (Å²) in [7, 11) is -9.91. The summed E-state index contributed by atoms with van der Waals surface area (Å²) in [5, 5.41) is 10.6. The van der Waals surface area contributed by atoms with Crippen LogP contribution in [-0.2, 0) is 65.4 Å². The van der Waals surface area contributed by atoms with Gasteiger partial charge in [0.15, 0.2) is 12.2 Å². The molecule has 0 bridgehead atoms. The van der Waals surface area contributed by atoms with Gasteiger partial charge in [-0.1, -0.05) is 322 Å². The van der Waals surface area contributed by atoms with Crippen LogP contribution in [0.15, 0.2) is 12.2 Å². The molecule has 0 fully saturated rings. The summed E-state index contributed by atoms with van der Waals surface area (Å²) >= 11 is 0. The topological polar surface area (TPSA) is 237 Å². The minimum atomic E-state index is -4.96. The van der Waals surface area contributed by atoms with Crippen molar-refractivity contribution in [2.45, 2.75) is 406 Å². The van der Waals surface area contributed by atoms with Gasteiger partial charge in [0, 0.05) is 25.7 Å². The third-order valence-electron chi connectivity index (χ3n) is 17.3. The molecule has 2 unspecified atom stereocenters. The number of carbonyl (C=O) groups is 4. The van der Waals surface area contributed by atoms with Gasteiger partial charge in [-0.25, -0.2) is 9.13 Å². The first-order chi connectivity index (χ1) is 45.7. The Kier molecular flexibility index (Phi) is 67.7. The van der Waals surface area contributed by atoms with E-state index in [-0.39, 0.29) is 25.7 Å². The highest BCUT2D eigenvalue weighted by Crippen LogP contribution is 2.45. The molecule has 556 valence electrons. The van der Waals surface area contributed by atoms with Crippen molar-refractivity contribution in [2.75, 3.05) is 39.6 Å². The number of unbranched alkanes of at least 4 members (excludes halogenated alkanes) is 47. The van der Waals surface area contributed by atoms with E-state index in [1.807, 2.05) is 0 Å². The van der Waals surface area contributed by atoms with Crippen LogP contribution in [0.2, 0.25) is 0 Å². The Hall–Kier alpha value is -2.20. The molecule has 3 N–H and O–H groups in total. The summed E-state index contributed by atoms with van der Waals surface area (Å²) < 4.78 is 68.5. The Labute approximate surface area is 574 Å². The Bertz CT molecular complexity index is 1840. The lowest BCUT2D eigenvalue weighted by Crippen LogP contribution is -2.30. The fraction of sp³-hybridized carbons (Fsp3) is 0.920. The largest absolute Gasteiger partial charge is 0.472 e. The molecule has 0 amide bonds. The normalized spacial score (nSPS) is 14.0. The molecule has 0 rings (SSSR count). The predicted molar refractivity (Wildman–Crippen MR) is 382 cm³/mol. The van der Waals surface area contributed by atoms with E-state index in [1.54, 1.807) is 0 Å². The van der Waals surface area contributed by atoms with E-state index in [0.29, 0.717) is 25.7 Å². The Morgan fingerprint density at radius 1 is 0.287 bits per heavy atom. The average molecular weight is 1380 g/mol. The zero-order valence-electron chi connectivity index (χ0n) is 60.7. The van der Waals surface area contributed by atoms with Crippen LogP contribution in [0.3, 0.4) is 0 Å². The van der Waals surface area contributed by atoms with Crippen LogP contribution in [0, 0.1) is 0 Å². The van der Waals surface area contributed by atoms with Crippen molar-refractivity contribution in [3.8, 4) is 0 Å². The predicted octanol–water partition coefficient (Wildman–Crippen LogP) is 22.0. The number of carbonyl (C=O) groups excluding carboxylic acids is 4. The lowest BCUT2D eigenvalue weighted by Gasteiger charge is -2.21. The molecule has 0 radical (unpaired) electrons. The number of phosphoric ester groups is 2. The highest BCUT2D eigenvalue weighted by Gasteiger charge is 2.30. The summed E-state index contributed by atoms with van der Waals surface area (Å²) in [5.41, 5.74) is 0. The Morgan fingerprint density at radius 2 is 0.489 bits per heavy atom. The third kappa shape index (κ3) is 68.3. The van der Waals surface area contributed by atoms with Gasteiger partial charge in [0.05, 0.1) is 26.4 Å². The molecule has 0 saturated carbocycles. The van der Waals surface area contributed by atoms with Gasteiger partial charge in [-0.3, -0.25) is 37.3 Å². The summed E-state index contributed by atoms with van der Waals surface area (Å²) in [6, 6.07) is 0. The second-order valence-corrected chi connectivity index (χ2v) is 29.6. The molecule has 0 aromatic rings. The smallest absolute Gasteiger partial charge is 0.462 e. The number of aliphatic hydroxyl groups is 1. The zero-order chi connectivity index (χ0) is 69.0. The molecule has 0 aromatic carbocycles. The first kappa shape index (κ1) is 91.8. The number of allylic oxidation sites excluding steroid dienone is 2. The SMILES string of the molecule is CCCCCC/C=C\CCCCCCCC(=O)OC[C@H](COP(=O)(O)OC[C@@H](O)COP(=O)(O)OC[C@@H](COC(=O)CCCCCCCCCCCCCCC)OC(=O)CCCCCCCCCCCCCCC)OC(=O)CCCCCCCCCCCCCCCCC. The van der Waals surface area contributed by atoms with E-state index in [1.165, 1.54) is 199 Å². The Balaban J connectivity index is 5.27. The minimum Gasteiger partial charge on any atom is -0.462 e. The van der Waals surface area contributed by atoms with Crippen molar-refractivity contribution < 1.29 is 80.2 Å². The molecule has 19 heteroatoms. The molecule has 0 heterocycles. The van der Waals surface area contributed by atoms with E-state index >= 15 is 0 Å². The number of ether oxygens (including phenoxy) is 4. The fourth-order valence-electron chi connectivity index (χ4n) is 11.3. The zero-order valence-corrected chi connectivity index (χ0v) is 62.5.